The Bertz CT molecular complexity index is 637. The van der Waals surface area contributed by atoms with E-state index >= 15 is 0 Å². The summed E-state index contributed by atoms with van der Waals surface area (Å²) in [4.78, 5) is 17.8. The molecule has 2 aromatic rings. The van der Waals surface area contributed by atoms with E-state index < -0.39 is 0 Å². The second-order valence-corrected chi connectivity index (χ2v) is 7.38. The van der Waals surface area contributed by atoms with Crippen molar-refractivity contribution in [1.82, 2.24) is 9.80 Å². The normalized spacial score (nSPS) is 17.5. The zero-order chi connectivity index (χ0) is 17.5. The van der Waals surface area contributed by atoms with Gasteiger partial charge in [0.1, 0.15) is 0 Å². The number of Topliss-reactive ketones (excluding diaryl/α,β-unsaturated/α-hetero) is 1. The van der Waals surface area contributed by atoms with Crippen LogP contribution in [0.25, 0.3) is 0 Å². The molecule has 1 unspecified atom stereocenters. The Labute approximate surface area is 154 Å². The van der Waals surface area contributed by atoms with Gasteiger partial charge >= 0.3 is 0 Å². The molecule has 5 heteroatoms. The van der Waals surface area contributed by atoms with Crippen LogP contribution in [-0.4, -0.2) is 62.0 Å². The Balaban J connectivity index is 1.41. The van der Waals surface area contributed by atoms with Crippen molar-refractivity contribution < 1.29 is 9.53 Å². The van der Waals surface area contributed by atoms with Gasteiger partial charge in [-0.3, -0.25) is 9.69 Å². The van der Waals surface area contributed by atoms with Crippen LogP contribution < -0.4 is 0 Å². The Morgan fingerprint density at radius 2 is 1.80 bits per heavy atom. The Morgan fingerprint density at radius 1 is 1.08 bits per heavy atom. The van der Waals surface area contributed by atoms with Gasteiger partial charge in [0, 0.05) is 52.8 Å². The second-order valence-electron chi connectivity index (χ2n) is 6.43. The molecule has 0 N–H and O–H groups in total. The number of thiophene rings is 1. The number of carbonyl (C=O) groups is 1. The van der Waals surface area contributed by atoms with Gasteiger partial charge in [-0.25, -0.2) is 0 Å². The lowest BCUT2D eigenvalue weighted by atomic mass is 10.1. The minimum Gasteiger partial charge on any atom is -0.375 e. The third-order valence-electron chi connectivity index (χ3n) is 4.80. The molecule has 1 fully saturated rings. The van der Waals surface area contributed by atoms with Crippen molar-refractivity contribution >= 4 is 17.1 Å². The summed E-state index contributed by atoms with van der Waals surface area (Å²) in [6, 6.07) is 14.3. The fourth-order valence-corrected chi connectivity index (χ4v) is 3.93. The maximum absolute atomic E-state index is 12.1. The predicted molar refractivity (Wildman–Crippen MR) is 102 cm³/mol. The van der Waals surface area contributed by atoms with Crippen molar-refractivity contribution in [3.05, 3.63) is 58.3 Å². The summed E-state index contributed by atoms with van der Waals surface area (Å²) < 4.78 is 5.69. The van der Waals surface area contributed by atoms with Crippen molar-refractivity contribution in [2.45, 2.75) is 12.5 Å². The van der Waals surface area contributed by atoms with Crippen molar-refractivity contribution in [2.24, 2.45) is 0 Å². The molecule has 0 radical (unpaired) electrons. The molecule has 0 spiro atoms. The Kier molecular flexibility index (Phi) is 6.76. The summed E-state index contributed by atoms with van der Waals surface area (Å²) in [6.45, 7) is 5.87. The number of ketones is 1. The van der Waals surface area contributed by atoms with Crippen LogP contribution in [0.5, 0.6) is 0 Å². The number of nitrogens with zero attached hydrogens (tertiary/aromatic N) is 2. The summed E-state index contributed by atoms with van der Waals surface area (Å²) in [5, 5.41) is 1.96. The molecule has 4 nitrogen and oxygen atoms in total. The number of piperazine rings is 1. The number of benzene rings is 1. The van der Waals surface area contributed by atoms with E-state index in [-0.39, 0.29) is 11.9 Å². The van der Waals surface area contributed by atoms with Crippen molar-refractivity contribution in [2.75, 3.05) is 46.4 Å². The fraction of sp³-hybridized carbons (Fsp3) is 0.450. The molecule has 0 saturated carbocycles. The minimum atomic E-state index is 0.119. The van der Waals surface area contributed by atoms with E-state index in [0.717, 1.165) is 44.1 Å². The number of methoxy groups -OCH3 is 1. The molecule has 0 amide bonds. The highest BCUT2D eigenvalue weighted by Crippen LogP contribution is 2.19. The average Bonchev–Trinajstić information content (AvgIpc) is 3.21. The quantitative estimate of drug-likeness (QED) is 0.678. The minimum absolute atomic E-state index is 0.119. The molecule has 1 saturated heterocycles. The molecule has 1 aromatic heterocycles. The largest absolute Gasteiger partial charge is 0.375 e. The van der Waals surface area contributed by atoms with Gasteiger partial charge in [0.05, 0.1) is 11.0 Å². The number of hydrogen-bond donors (Lipinski definition) is 0. The first-order chi connectivity index (χ1) is 12.3. The van der Waals surface area contributed by atoms with Crippen LogP contribution in [0, 0.1) is 0 Å². The highest BCUT2D eigenvalue weighted by Gasteiger charge is 2.21. The van der Waals surface area contributed by atoms with Gasteiger partial charge < -0.3 is 9.64 Å². The van der Waals surface area contributed by atoms with Gasteiger partial charge in [-0.15, -0.1) is 11.3 Å². The van der Waals surface area contributed by atoms with E-state index in [1.165, 1.54) is 16.9 Å². The third kappa shape index (κ3) is 5.22. The zero-order valence-corrected chi connectivity index (χ0v) is 15.6. The molecule has 0 bridgehead atoms. The number of carbonyl (C=O) groups excluding carboxylic acids is 1. The highest BCUT2D eigenvalue weighted by molar-refractivity contribution is 7.12. The second kappa shape index (κ2) is 9.25. The third-order valence-corrected chi connectivity index (χ3v) is 5.71. The number of ether oxygens (including phenoxy) is 1. The lowest BCUT2D eigenvalue weighted by Crippen LogP contribution is -2.48. The van der Waals surface area contributed by atoms with Gasteiger partial charge in [-0.2, -0.15) is 0 Å². The van der Waals surface area contributed by atoms with Crippen LogP contribution in [0.3, 0.4) is 0 Å². The van der Waals surface area contributed by atoms with Crippen LogP contribution in [0.4, 0.5) is 0 Å². The van der Waals surface area contributed by atoms with E-state index in [1.807, 2.05) is 23.6 Å². The standard InChI is InChI=1S/C20H26N2O2S/c1-24-19(17-6-3-2-4-7-17)16-22-13-11-21(12-14-22)10-9-18(23)20-8-5-15-25-20/h2-8,15,19H,9-14,16H2,1H3. The summed E-state index contributed by atoms with van der Waals surface area (Å²) in [6.07, 6.45) is 0.735. The van der Waals surface area contributed by atoms with Gasteiger partial charge in [-0.1, -0.05) is 36.4 Å². The van der Waals surface area contributed by atoms with Gasteiger partial charge in [0.15, 0.2) is 5.78 Å². The molecule has 1 aliphatic rings. The lowest BCUT2D eigenvalue weighted by Gasteiger charge is -2.36. The van der Waals surface area contributed by atoms with Crippen molar-refractivity contribution in [1.29, 1.82) is 0 Å². The molecule has 25 heavy (non-hydrogen) atoms. The van der Waals surface area contributed by atoms with E-state index in [2.05, 4.69) is 34.1 Å². The van der Waals surface area contributed by atoms with E-state index in [4.69, 9.17) is 4.74 Å². The molecule has 134 valence electrons. The number of hydrogen-bond acceptors (Lipinski definition) is 5. The Hall–Kier alpha value is -1.53. The summed E-state index contributed by atoms with van der Waals surface area (Å²) in [5.41, 5.74) is 1.23. The first-order valence-electron chi connectivity index (χ1n) is 8.85. The van der Waals surface area contributed by atoms with Gasteiger partial charge in [0.25, 0.3) is 0 Å². The van der Waals surface area contributed by atoms with E-state index in [1.54, 1.807) is 7.11 Å². The van der Waals surface area contributed by atoms with Gasteiger partial charge in [0.2, 0.25) is 0 Å². The SMILES string of the molecule is COC(CN1CCN(CCC(=O)c2cccs2)CC1)c1ccccc1. The van der Waals surface area contributed by atoms with Crippen LogP contribution in [0.1, 0.15) is 27.8 Å². The van der Waals surface area contributed by atoms with Gasteiger partial charge in [-0.05, 0) is 17.0 Å². The van der Waals surface area contributed by atoms with Crippen LogP contribution in [0.15, 0.2) is 47.8 Å². The average molecular weight is 359 g/mol. The smallest absolute Gasteiger partial charge is 0.174 e. The predicted octanol–water partition coefficient (Wildman–Crippen LogP) is 3.33. The molecule has 1 atom stereocenters. The molecule has 1 aliphatic heterocycles. The molecule has 1 aromatic carbocycles. The number of rotatable bonds is 8. The first kappa shape index (κ1) is 18.3. The summed E-state index contributed by atoms with van der Waals surface area (Å²) in [7, 11) is 1.78. The maximum Gasteiger partial charge on any atom is 0.174 e. The van der Waals surface area contributed by atoms with E-state index in [9.17, 15) is 4.79 Å². The fourth-order valence-electron chi connectivity index (χ4n) is 3.23. The van der Waals surface area contributed by atoms with Crippen LogP contribution >= 0.6 is 11.3 Å². The highest BCUT2D eigenvalue weighted by atomic mass is 32.1. The maximum atomic E-state index is 12.1. The van der Waals surface area contributed by atoms with Crippen molar-refractivity contribution in [3.8, 4) is 0 Å². The molecule has 2 heterocycles. The monoisotopic (exact) mass is 358 g/mol. The molecule has 0 aliphatic carbocycles. The Morgan fingerprint density at radius 3 is 2.44 bits per heavy atom. The molecular formula is C20H26N2O2S. The first-order valence-corrected chi connectivity index (χ1v) is 9.73. The summed E-state index contributed by atoms with van der Waals surface area (Å²) in [5.74, 6) is 0.265. The topological polar surface area (TPSA) is 32.8 Å². The zero-order valence-electron chi connectivity index (χ0n) is 14.8. The lowest BCUT2D eigenvalue weighted by molar-refractivity contribution is 0.0416. The van der Waals surface area contributed by atoms with Crippen LogP contribution in [-0.2, 0) is 4.74 Å². The summed E-state index contributed by atoms with van der Waals surface area (Å²) >= 11 is 1.54. The molecular weight excluding hydrogens is 332 g/mol. The van der Waals surface area contributed by atoms with E-state index in [0.29, 0.717) is 6.42 Å². The van der Waals surface area contributed by atoms with Crippen molar-refractivity contribution in [3.63, 3.8) is 0 Å². The molecule has 3 rings (SSSR count). The van der Waals surface area contributed by atoms with Crippen LogP contribution in [0.2, 0.25) is 0 Å².